The number of nitrogens with two attached hydrogens (primary N) is 2. The molecule has 1 aromatic heterocycles. The van der Waals surface area contributed by atoms with Crippen LogP contribution in [0, 0.1) is 0 Å². The lowest BCUT2D eigenvalue weighted by Crippen LogP contribution is -2.18. The second kappa shape index (κ2) is 5.14. The standard InChI is InChI=1S/C7H5NS2.CH4N2S/c9-7-8-5-3-1-2-4-6(5)10-7;2-1(3)4/h1-4H,(H,8,9);(H4,2,3,4). The van der Waals surface area contributed by atoms with Gasteiger partial charge in [0, 0.05) is 0 Å². The molecule has 0 aliphatic rings. The predicted molar refractivity (Wildman–Crippen MR) is 67.8 cm³/mol. The Morgan fingerprint density at radius 2 is 1.93 bits per heavy atom. The molecular formula is C8H9N3S3. The first-order valence-corrected chi connectivity index (χ1v) is 5.36. The van der Waals surface area contributed by atoms with E-state index in [0.717, 1.165) is 9.86 Å². The Morgan fingerprint density at radius 1 is 1.36 bits per heavy atom. The van der Waals surface area contributed by atoms with Crippen molar-refractivity contribution in [2.75, 3.05) is 0 Å². The molecule has 4 N–H and O–H groups in total. The Balaban J connectivity index is 0.000000213. The minimum atomic E-state index is 0.000000000000000222. The first-order valence-electron chi connectivity index (χ1n) is 3.69. The van der Waals surface area contributed by atoms with Crippen molar-refractivity contribution in [2.45, 2.75) is 4.34 Å². The Kier molecular flexibility index (Phi) is 4.12. The zero-order valence-corrected chi connectivity index (χ0v) is 9.70. The summed E-state index contributed by atoms with van der Waals surface area (Å²) < 4.78 is 2.04. The van der Waals surface area contributed by atoms with Crippen LogP contribution in [0.3, 0.4) is 0 Å². The molecule has 2 aromatic rings. The van der Waals surface area contributed by atoms with Gasteiger partial charge in [-0.05, 0) is 24.4 Å². The van der Waals surface area contributed by atoms with Gasteiger partial charge in [0.05, 0.1) is 10.2 Å². The number of hydrogen-bond acceptors (Lipinski definition) is 4. The number of thiol groups is 1. The summed E-state index contributed by atoms with van der Waals surface area (Å²) in [5, 5.41) is 0.000000000000000222. The molecule has 0 saturated carbocycles. The molecule has 1 heterocycles. The van der Waals surface area contributed by atoms with Gasteiger partial charge in [0.2, 0.25) is 0 Å². The van der Waals surface area contributed by atoms with Crippen molar-refractivity contribution in [2.24, 2.45) is 11.5 Å². The smallest absolute Gasteiger partial charge is 0.160 e. The molecule has 1 aromatic carbocycles. The van der Waals surface area contributed by atoms with E-state index in [1.807, 2.05) is 24.3 Å². The van der Waals surface area contributed by atoms with E-state index in [2.05, 4.69) is 41.3 Å². The van der Waals surface area contributed by atoms with Crippen LogP contribution < -0.4 is 11.5 Å². The van der Waals surface area contributed by atoms with Crippen molar-refractivity contribution in [1.29, 1.82) is 0 Å². The Bertz CT molecular complexity index is 401. The van der Waals surface area contributed by atoms with E-state index in [1.165, 1.54) is 4.70 Å². The van der Waals surface area contributed by atoms with E-state index in [1.54, 1.807) is 11.3 Å². The lowest BCUT2D eigenvalue weighted by Gasteiger charge is -1.80. The van der Waals surface area contributed by atoms with Gasteiger partial charge in [0.15, 0.2) is 5.11 Å². The van der Waals surface area contributed by atoms with Crippen LogP contribution in [0.4, 0.5) is 0 Å². The summed E-state index contributed by atoms with van der Waals surface area (Å²) in [6.07, 6.45) is 0. The highest BCUT2D eigenvalue weighted by Crippen LogP contribution is 2.23. The van der Waals surface area contributed by atoms with Gasteiger partial charge >= 0.3 is 0 Å². The number of para-hydroxylation sites is 1. The molecule has 0 amide bonds. The second-order valence-electron chi connectivity index (χ2n) is 2.37. The van der Waals surface area contributed by atoms with Crippen LogP contribution in [-0.2, 0) is 0 Å². The third-order valence-electron chi connectivity index (χ3n) is 1.28. The minimum absolute atomic E-state index is 0.000000000000000222. The van der Waals surface area contributed by atoms with Crippen LogP contribution in [0.25, 0.3) is 10.2 Å². The molecule has 2 rings (SSSR count). The fourth-order valence-electron chi connectivity index (χ4n) is 0.860. The molecule has 74 valence electrons. The first kappa shape index (κ1) is 11.2. The Labute approximate surface area is 96.5 Å². The van der Waals surface area contributed by atoms with E-state index in [4.69, 9.17) is 0 Å². The van der Waals surface area contributed by atoms with Gasteiger partial charge in [0.25, 0.3) is 0 Å². The SMILES string of the molecule is NC(N)=S.Sc1nc2ccccc2s1. The van der Waals surface area contributed by atoms with E-state index in [9.17, 15) is 0 Å². The quantitative estimate of drug-likeness (QED) is 0.487. The summed E-state index contributed by atoms with van der Waals surface area (Å²) >= 11 is 9.85. The topological polar surface area (TPSA) is 64.9 Å². The van der Waals surface area contributed by atoms with Crippen molar-refractivity contribution >= 4 is 51.5 Å². The fourth-order valence-corrected chi connectivity index (χ4v) is 1.97. The highest BCUT2D eigenvalue weighted by Gasteiger charge is 1.96. The molecule has 0 fully saturated rings. The molecule has 0 bridgehead atoms. The fraction of sp³-hybridized carbons (Fsp3) is 0. The van der Waals surface area contributed by atoms with Gasteiger partial charge in [0.1, 0.15) is 4.34 Å². The maximum absolute atomic E-state index is 4.62. The van der Waals surface area contributed by atoms with Crippen LogP contribution in [0.2, 0.25) is 0 Å². The molecule has 0 aliphatic carbocycles. The van der Waals surface area contributed by atoms with Gasteiger partial charge in [-0.15, -0.1) is 24.0 Å². The zero-order valence-electron chi connectivity index (χ0n) is 7.18. The van der Waals surface area contributed by atoms with Gasteiger partial charge in [-0.1, -0.05) is 12.1 Å². The molecule has 0 atom stereocenters. The molecule has 3 nitrogen and oxygen atoms in total. The highest BCUT2D eigenvalue weighted by atomic mass is 32.2. The number of rotatable bonds is 0. The Morgan fingerprint density at radius 3 is 2.50 bits per heavy atom. The largest absolute Gasteiger partial charge is 0.377 e. The van der Waals surface area contributed by atoms with Gasteiger partial charge in [-0.3, -0.25) is 0 Å². The minimum Gasteiger partial charge on any atom is -0.377 e. The number of fused-ring (bicyclic) bond motifs is 1. The van der Waals surface area contributed by atoms with E-state index >= 15 is 0 Å². The van der Waals surface area contributed by atoms with Crippen LogP contribution in [0.5, 0.6) is 0 Å². The molecule has 14 heavy (non-hydrogen) atoms. The summed E-state index contributed by atoms with van der Waals surface area (Å²) in [5.74, 6) is 0. The monoisotopic (exact) mass is 243 g/mol. The van der Waals surface area contributed by atoms with Crippen molar-refractivity contribution in [3.05, 3.63) is 24.3 Å². The third-order valence-corrected chi connectivity index (χ3v) is 2.50. The van der Waals surface area contributed by atoms with E-state index in [-0.39, 0.29) is 5.11 Å². The number of benzene rings is 1. The number of thiocarbonyl (C=S) groups is 1. The third kappa shape index (κ3) is 3.49. The average Bonchev–Trinajstić information content (AvgIpc) is 2.42. The van der Waals surface area contributed by atoms with E-state index in [0.29, 0.717) is 0 Å². The van der Waals surface area contributed by atoms with Crippen molar-refractivity contribution in [3.63, 3.8) is 0 Å². The highest BCUT2D eigenvalue weighted by molar-refractivity contribution is 7.83. The molecule has 0 unspecified atom stereocenters. The normalized spacial score (nSPS) is 9.21. The molecule has 0 spiro atoms. The lowest BCUT2D eigenvalue weighted by molar-refractivity contribution is 1.31. The zero-order chi connectivity index (χ0) is 10.6. The van der Waals surface area contributed by atoms with E-state index < -0.39 is 0 Å². The molecule has 0 aliphatic heterocycles. The summed E-state index contributed by atoms with van der Waals surface area (Å²) in [6.45, 7) is 0. The second-order valence-corrected chi connectivity index (χ2v) is 4.59. The number of thiazole rings is 1. The summed E-state index contributed by atoms with van der Waals surface area (Å²) in [6, 6.07) is 8.03. The molecule has 0 radical (unpaired) electrons. The predicted octanol–water partition coefficient (Wildman–Crippen LogP) is 1.77. The van der Waals surface area contributed by atoms with Crippen LogP contribution >= 0.6 is 36.2 Å². The molecular weight excluding hydrogens is 234 g/mol. The number of hydrogen-bond donors (Lipinski definition) is 3. The summed E-state index contributed by atoms with van der Waals surface area (Å²) in [4.78, 5) is 4.20. The number of aromatic nitrogens is 1. The number of nitrogens with zero attached hydrogens (tertiary/aromatic N) is 1. The molecule has 6 heteroatoms. The van der Waals surface area contributed by atoms with Gasteiger partial charge < -0.3 is 11.5 Å². The van der Waals surface area contributed by atoms with Crippen LogP contribution in [-0.4, -0.2) is 10.1 Å². The maximum Gasteiger partial charge on any atom is 0.160 e. The van der Waals surface area contributed by atoms with Crippen molar-refractivity contribution < 1.29 is 0 Å². The first-order chi connectivity index (χ1) is 6.59. The van der Waals surface area contributed by atoms with Crippen LogP contribution in [0.1, 0.15) is 0 Å². The lowest BCUT2D eigenvalue weighted by atomic mass is 10.3. The summed E-state index contributed by atoms with van der Waals surface area (Å²) in [7, 11) is 0. The van der Waals surface area contributed by atoms with Gasteiger partial charge in [-0.2, -0.15) is 0 Å². The Hall–Kier alpha value is -0.850. The maximum atomic E-state index is 4.62. The average molecular weight is 243 g/mol. The molecule has 0 saturated heterocycles. The summed E-state index contributed by atoms with van der Waals surface area (Å²) in [5.41, 5.74) is 10.3. The van der Waals surface area contributed by atoms with Crippen LogP contribution in [0.15, 0.2) is 28.6 Å². The van der Waals surface area contributed by atoms with Gasteiger partial charge in [-0.25, -0.2) is 4.98 Å². The van der Waals surface area contributed by atoms with Crippen molar-refractivity contribution in [1.82, 2.24) is 4.98 Å². The van der Waals surface area contributed by atoms with Crippen molar-refractivity contribution in [3.8, 4) is 0 Å².